The highest BCUT2D eigenvalue weighted by Crippen LogP contribution is 2.38. The van der Waals surface area contributed by atoms with Crippen LogP contribution in [0.25, 0.3) is 0 Å². The lowest BCUT2D eigenvalue weighted by molar-refractivity contribution is -0.137. The molecule has 2 aromatic carbocycles. The standard InChI is InChI=1S/C26H27N5O4/c1-4-17-15-29-31(26(33)23(17)19-10-11-21(34-2)22(14-19)35-3)24(18-8-6-5-7-9-18)30-25(32)20-16-27-12-13-28-20/h5-17,23-24H,4H2,1-3H3,(H,30,32). The topological polar surface area (TPSA) is 106 Å². The number of methoxy groups -OCH3 is 2. The zero-order valence-electron chi connectivity index (χ0n) is 19.8. The van der Waals surface area contributed by atoms with Crippen LogP contribution in [0.4, 0.5) is 0 Å². The first-order chi connectivity index (χ1) is 17.1. The molecular formula is C26H27N5O4. The van der Waals surface area contributed by atoms with Gasteiger partial charge in [0.15, 0.2) is 17.7 Å². The maximum atomic E-state index is 13.9. The summed E-state index contributed by atoms with van der Waals surface area (Å²) in [5, 5.41) is 8.72. The number of nitrogens with zero attached hydrogens (tertiary/aromatic N) is 4. The fraction of sp³-hybridized carbons (Fsp3) is 0.269. The minimum Gasteiger partial charge on any atom is -0.493 e. The molecule has 3 atom stereocenters. The zero-order valence-corrected chi connectivity index (χ0v) is 19.8. The lowest BCUT2D eigenvalue weighted by Crippen LogP contribution is -2.47. The van der Waals surface area contributed by atoms with Gasteiger partial charge in [-0.2, -0.15) is 5.10 Å². The summed E-state index contributed by atoms with van der Waals surface area (Å²) < 4.78 is 10.8. The second-order valence-electron chi connectivity index (χ2n) is 7.99. The monoisotopic (exact) mass is 473 g/mol. The molecule has 0 aliphatic carbocycles. The summed E-state index contributed by atoms with van der Waals surface area (Å²) in [5.74, 6) is -0.218. The number of carbonyl (C=O) groups is 2. The van der Waals surface area contributed by atoms with E-state index in [9.17, 15) is 9.59 Å². The first kappa shape index (κ1) is 23.9. The van der Waals surface area contributed by atoms with Crippen LogP contribution >= 0.6 is 0 Å². The van der Waals surface area contributed by atoms with Crippen LogP contribution in [0, 0.1) is 5.92 Å². The number of hydrazone groups is 1. The fourth-order valence-corrected chi connectivity index (χ4v) is 4.13. The molecule has 0 fully saturated rings. The highest BCUT2D eigenvalue weighted by atomic mass is 16.5. The van der Waals surface area contributed by atoms with Crippen molar-refractivity contribution < 1.29 is 19.1 Å². The minimum absolute atomic E-state index is 0.121. The summed E-state index contributed by atoms with van der Waals surface area (Å²) >= 11 is 0. The molecule has 1 aliphatic rings. The zero-order chi connectivity index (χ0) is 24.8. The normalized spacial score (nSPS) is 18.1. The average molecular weight is 474 g/mol. The van der Waals surface area contributed by atoms with Crippen molar-refractivity contribution in [2.24, 2.45) is 11.0 Å². The predicted molar refractivity (Wildman–Crippen MR) is 130 cm³/mol. The van der Waals surface area contributed by atoms with Gasteiger partial charge in [0.05, 0.1) is 26.3 Å². The molecule has 3 aromatic rings. The fourth-order valence-electron chi connectivity index (χ4n) is 4.13. The lowest BCUT2D eigenvalue weighted by Gasteiger charge is -2.36. The smallest absolute Gasteiger partial charge is 0.273 e. The highest BCUT2D eigenvalue weighted by molar-refractivity contribution is 5.94. The van der Waals surface area contributed by atoms with Crippen molar-refractivity contribution in [2.45, 2.75) is 25.4 Å². The van der Waals surface area contributed by atoms with E-state index in [0.717, 1.165) is 5.56 Å². The maximum Gasteiger partial charge on any atom is 0.273 e. The van der Waals surface area contributed by atoms with Crippen LogP contribution in [-0.2, 0) is 4.79 Å². The molecule has 0 saturated heterocycles. The maximum absolute atomic E-state index is 13.9. The second kappa shape index (κ2) is 10.8. The van der Waals surface area contributed by atoms with Crippen LogP contribution in [0.1, 0.15) is 47.0 Å². The minimum atomic E-state index is -0.838. The molecule has 2 amide bonds. The molecular weight excluding hydrogens is 446 g/mol. The summed E-state index contributed by atoms with van der Waals surface area (Å²) in [5.41, 5.74) is 1.63. The van der Waals surface area contributed by atoms with Crippen LogP contribution in [0.15, 0.2) is 72.2 Å². The van der Waals surface area contributed by atoms with Gasteiger partial charge in [-0.3, -0.25) is 14.6 Å². The van der Waals surface area contributed by atoms with Gasteiger partial charge in [0.2, 0.25) is 0 Å². The van der Waals surface area contributed by atoms with E-state index in [0.29, 0.717) is 23.5 Å². The van der Waals surface area contributed by atoms with Gasteiger partial charge >= 0.3 is 0 Å². The number of carbonyl (C=O) groups excluding carboxylic acids is 2. The number of hydrogen-bond donors (Lipinski definition) is 1. The van der Waals surface area contributed by atoms with E-state index in [1.165, 1.54) is 23.6 Å². The van der Waals surface area contributed by atoms with Crippen LogP contribution in [-0.4, -0.2) is 47.2 Å². The summed E-state index contributed by atoms with van der Waals surface area (Å²) in [7, 11) is 3.12. The molecule has 0 bridgehead atoms. The molecule has 3 unspecified atom stereocenters. The quantitative estimate of drug-likeness (QED) is 0.536. The van der Waals surface area contributed by atoms with Crippen molar-refractivity contribution in [3.63, 3.8) is 0 Å². The molecule has 35 heavy (non-hydrogen) atoms. The molecule has 4 rings (SSSR count). The van der Waals surface area contributed by atoms with Crippen LogP contribution in [0.5, 0.6) is 11.5 Å². The number of rotatable bonds is 8. The highest BCUT2D eigenvalue weighted by Gasteiger charge is 2.39. The van der Waals surface area contributed by atoms with Gasteiger partial charge in [0, 0.05) is 24.5 Å². The first-order valence-corrected chi connectivity index (χ1v) is 11.3. The molecule has 180 valence electrons. The van der Waals surface area contributed by atoms with Gasteiger partial charge in [-0.1, -0.05) is 43.3 Å². The SMILES string of the molecule is CCC1C=NN(C(NC(=O)c2cnccn2)c2ccccc2)C(=O)C1c1ccc(OC)c(OC)c1. The van der Waals surface area contributed by atoms with Crippen molar-refractivity contribution >= 4 is 18.0 Å². The average Bonchev–Trinajstić information content (AvgIpc) is 2.92. The summed E-state index contributed by atoms with van der Waals surface area (Å²) in [4.78, 5) is 34.9. The molecule has 0 saturated carbocycles. The Morgan fingerprint density at radius 2 is 1.86 bits per heavy atom. The number of aromatic nitrogens is 2. The Morgan fingerprint density at radius 1 is 1.09 bits per heavy atom. The van der Waals surface area contributed by atoms with Crippen molar-refractivity contribution in [1.82, 2.24) is 20.3 Å². The Morgan fingerprint density at radius 3 is 2.51 bits per heavy atom. The third kappa shape index (κ3) is 4.98. The van der Waals surface area contributed by atoms with E-state index >= 15 is 0 Å². The molecule has 2 heterocycles. The second-order valence-corrected chi connectivity index (χ2v) is 7.99. The molecule has 1 N–H and O–H groups in total. The van der Waals surface area contributed by atoms with E-state index in [2.05, 4.69) is 20.4 Å². The van der Waals surface area contributed by atoms with E-state index in [1.54, 1.807) is 26.5 Å². The summed E-state index contributed by atoms with van der Waals surface area (Å²) in [6.45, 7) is 2.01. The van der Waals surface area contributed by atoms with Gasteiger partial charge in [-0.25, -0.2) is 9.99 Å². The van der Waals surface area contributed by atoms with E-state index < -0.39 is 18.0 Å². The number of nitrogens with one attached hydrogen (secondary N) is 1. The third-order valence-electron chi connectivity index (χ3n) is 5.96. The lowest BCUT2D eigenvalue weighted by atomic mass is 9.83. The molecule has 9 heteroatoms. The van der Waals surface area contributed by atoms with E-state index in [1.807, 2.05) is 49.4 Å². The number of hydrogen-bond acceptors (Lipinski definition) is 7. The summed E-state index contributed by atoms with van der Waals surface area (Å²) in [6.07, 6.45) is 5.95. The molecule has 9 nitrogen and oxygen atoms in total. The summed E-state index contributed by atoms with van der Waals surface area (Å²) in [6, 6.07) is 14.7. The van der Waals surface area contributed by atoms with Gasteiger partial charge in [0.25, 0.3) is 11.8 Å². The Hall–Kier alpha value is -4.27. The Kier molecular flexibility index (Phi) is 7.35. The van der Waals surface area contributed by atoms with E-state index in [-0.39, 0.29) is 17.5 Å². The van der Waals surface area contributed by atoms with Crippen LogP contribution < -0.4 is 14.8 Å². The van der Waals surface area contributed by atoms with Crippen LogP contribution in [0.3, 0.4) is 0 Å². The van der Waals surface area contributed by atoms with E-state index in [4.69, 9.17) is 9.47 Å². The molecule has 0 spiro atoms. The molecule has 0 radical (unpaired) electrons. The van der Waals surface area contributed by atoms with Gasteiger partial charge in [-0.05, 0) is 29.7 Å². The van der Waals surface area contributed by atoms with Crippen molar-refractivity contribution in [2.75, 3.05) is 14.2 Å². The van der Waals surface area contributed by atoms with Crippen molar-refractivity contribution in [3.8, 4) is 11.5 Å². The largest absolute Gasteiger partial charge is 0.493 e. The Bertz CT molecular complexity index is 1200. The Balaban J connectivity index is 1.72. The van der Waals surface area contributed by atoms with Gasteiger partial charge in [-0.15, -0.1) is 0 Å². The first-order valence-electron chi connectivity index (χ1n) is 11.3. The van der Waals surface area contributed by atoms with Crippen molar-refractivity contribution in [1.29, 1.82) is 0 Å². The van der Waals surface area contributed by atoms with Crippen LogP contribution in [0.2, 0.25) is 0 Å². The predicted octanol–water partition coefficient (Wildman–Crippen LogP) is 3.56. The number of ether oxygens (including phenoxy) is 2. The third-order valence-corrected chi connectivity index (χ3v) is 5.96. The number of benzene rings is 2. The van der Waals surface area contributed by atoms with Gasteiger partial charge in [0.1, 0.15) is 5.69 Å². The number of amides is 2. The Labute approximate surface area is 203 Å². The van der Waals surface area contributed by atoms with Crippen molar-refractivity contribution in [3.05, 3.63) is 83.9 Å². The molecule has 1 aliphatic heterocycles. The van der Waals surface area contributed by atoms with Gasteiger partial charge < -0.3 is 14.8 Å². The molecule has 1 aromatic heterocycles.